The van der Waals surface area contributed by atoms with Gasteiger partial charge in [-0.1, -0.05) is 17.3 Å². The molecule has 0 radical (unpaired) electrons. The number of thiazole rings is 1. The van der Waals surface area contributed by atoms with Crippen LogP contribution in [0.15, 0.2) is 28.7 Å². The van der Waals surface area contributed by atoms with Crippen LogP contribution in [0.1, 0.15) is 28.0 Å². The molecule has 152 valence electrons. The van der Waals surface area contributed by atoms with E-state index in [1.54, 1.807) is 17.5 Å². The number of carbonyl (C=O) groups is 2. The van der Waals surface area contributed by atoms with E-state index in [4.69, 9.17) is 10.4 Å². The number of para-hydroxylation sites is 1. The normalized spacial score (nSPS) is 16.1. The molecule has 10 nitrogen and oxygen atoms in total. The molecular formula is C17H19BN4O6S. The Hall–Kier alpha value is -2.96. The maximum Gasteiger partial charge on any atom is 0.526 e. The molecule has 0 saturated carbocycles. The lowest BCUT2D eigenvalue weighted by atomic mass is 9.64. The second-order valence-corrected chi connectivity index (χ2v) is 7.26. The van der Waals surface area contributed by atoms with Crippen LogP contribution < -0.4 is 15.7 Å². The highest BCUT2D eigenvalue weighted by molar-refractivity contribution is 7.14. The number of carbonyl (C=O) groups excluding carboxylic acids is 1. The predicted octanol–water partition coefficient (Wildman–Crippen LogP) is 0.835. The van der Waals surface area contributed by atoms with Gasteiger partial charge in [-0.05, 0) is 18.1 Å². The van der Waals surface area contributed by atoms with Gasteiger partial charge in [0.25, 0.3) is 0 Å². The molecule has 2 aromatic rings. The average molecular weight is 418 g/mol. The number of carboxylic acids is 1. The van der Waals surface area contributed by atoms with Crippen molar-refractivity contribution >= 4 is 41.1 Å². The third kappa shape index (κ3) is 4.55. The summed E-state index contributed by atoms with van der Waals surface area (Å²) in [4.78, 5) is 28.2. The number of aromatic carboxylic acids is 1. The van der Waals surface area contributed by atoms with Gasteiger partial charge in [-0.3, -0.25) is 4.79 Å². The van der Waals surface area contributed by atoms with Crippen LogP contribution in [0.4, 0.5) is 5.13 Å². The molecule has 1 aromatic heterocycles. The maximum absolute atomic E-state index is 12.7. The molecule has 2 heterocycles. The molecule has 0 fully saturated rings. The number of anilines is 1. The van der Waals surface area contributed by atoms with Gasteiger partial charge in [-0.15, -0.1) is 11.3 Å². The average Bonchev–Trinajstić information content (AvgIpc) is 3.15. The topological polar surface area (TPSA) is 167 Å². The van der Waals surface area contributed by atoms with Crippen molar-refractivity contribution in [1.29, 1.82) is 0 Å². The van der Waals surface area contributed by atoms with Gasteiger partial charge in [0.05, 0.1) is 5.56 Å². The smallest absolute Gasteiger partial charge is 0.526 e. The van der Waals surface area contributed by atoms with Gasteiger partial charge < -0.3 is 31.0 Å². The van der Waals surface area contributed by atoms with Gasteiger partial charge in [0.15, 0.2) is 16.6 Å². The summed E-state index contributed by atoms with van der Waals surface area (Å²) in [5.41, 5.74) is 5.94. The summed E-state index contributed by atoms with van der Waals surface area (Å²) in [5, 5.41) is 37.0. The minimum Gasteiger partial charge on any atom is -0.535 e. The Morgan fingerprint density at radius 2 is 2.24 bits per heavy atom. The number of nitrogens with one attached hydrogen (secondary N) is 1. The Labute approximate surface area is 170 Å². The van der Waals surface area contributed by atoms with Gasteiger partial charge in [0.2, 0.25) is 0 Å². The van der Waals surface area contributed by atoms with Crippen LogP contribution in [-0.2, 0) is 11.2 Å². The number of hydrogen-bond donors (Lipinski definition) is 5. The molecule has 1 aromatic carbocycles. The van der Waals surface area contributed by atoms with Crippen LogP contribution in [0, 0.1) is 0 Å². The van der Waals surface area contributed by atoms with E-state index >= 15 is 0 Å². The molecule has 1 aliphatic rings. The number of rotatable bonds is 8. The maximum atomic E-state index is 12.7. The molecule has 0 amide bonds. The summed E-state index contributed by atoms with van der Waals surface area (Å²) in [6.45, 7) is 0.926. The summed E-state index contributed by atoms with van der Waals surface area (Å²) in [6.07, 6.45) is 0.0722. The highest BCUT2D eigenvalue weighted by Gasteiger charge is 2.38. The number of Topliss-reactive ketones (excluding diaryl/α,β-unsaturated/α-hetero) is 1. The largest absolute Gasteiger partial charge is 0.535 e. The van der Waals surface area contributed by atoms with Crippen molar-refractivity contribution in [3.05, 3.63) is 40.4 Å². The first-order valence-corrected chi connectivity index (χ1v) is 9.67. The predicted molar refractivity (Wildman–Crippen MR) is 107 cm³/mol. The van der Waals surface area contributed by atoms with Gasteiger partial charge in [-0.2, -0.15) is 0 Å². The fourth-order valence-electron chi connectivity index (χ4n) is 3.05. The van der Waals surface area contributed by atoms with E-state index in [-0.39, 0.29) is 35.6 Å². The summed E-state index contributed by atoms with van der Waals surface area (Å²) in [6, 6.07) is 4.64. The lowest BCUT2D eigenvalue weighted by Crippen LogP contribution is -2.36. The van der Waals surface area contributed by atoms with Gasteiger partial charge in [0.1, 0.15) is 11.4 Å². The molecule has 1 atom stereocenters. The first-order valence-electron chi connectivity index (χ1n) is 8.79. The van der Waals surface area contributed by atoms with Crippen molar-refractivity contribution in [1.82, 2.24) is 4.98 Å². The Kier molecular flexibility index (Phi) is 6.47. The number of nitrogens with two attached hydrogens (primary N) is 1. The highest BCUT2D eigenvalue weighted by atomic mass is 32.1. The third-order valence-electron chi connectivity index (χ3n) is 4.43. The SMILES string of the molecule is NCCNc1nc(/C(=N/O)C(=O)C[C@H]2Cc3cccc(C(=O)O)c3OB2O)cs1. The highest BCUT2D eigenvalue weighted by Crippen LogP contribution is 2.36. The molecule has 6 N–H and O–H groups in total. The van der Waals surface area contributed by atoms with Crippen molar-refractivity contribution in [3.8, 4) is 5.75 Å². The lowest BCUT2D eigenvalue weighted by Gasteiger charge is -2.27. The number of fused-ring (bicyclic) bond motifs is 1. The van der Waals surface area contributed by atoms with E-state index < -0.39 is 24.7 Å². The van der Waals surface area contributed by atoms with Gasteiger partial charge in [0, 0.05) is 30.7 Å². The summed E-state index contributed by atoms with van der Waals surface area (Å²) in [7, 11) is -1.37. The number of aromatic nitrogens is 1. The molecule has 0 spiro atoms. The first-order chi connectivity index (χ1) is 13.9. The Balaban J connectivity index is 1.73. The van der Waals surface area contributed by atoms with Crippen LogP contribution in [0.3, 0.4) is 0 Å². The molecule has 0 unspecified atom stereocenters. The first kappa shape index (κ1) is 20.8. The molecule has 1 aliphatic heterocycles. The Morgan fingerprint density at radius 1 is 1.45 bits per heavy atom. The zero-order chi connectivity index (χ0) is 21.0. The van der Waals surface area contributed by atoms with Crippen LogP contribution in [-0.4, -0.2) is 58.0 Å². The Morgan fingerprint density at radius 3 is 2.93 bits per heavy atom. The van der Waals surface area contributed by atoms with Crippen molar-refractivity contribution in [2.75, 3.05) is 18.4 Å². The third-order valence-corrected chi connectivity index (χ3v) is 5.23. The lowest BCUT2D eigenvalue weighted by molar-refractivity contribution is -0.113. The zero-order valence-corrected chi connectivity index (χ0v) is 16.1. The van der Waals surface area contributed by atoms with E-state index in [2.05, 4.69) is 15.5 Å². The van der Waals surface area contributed by atoms with Crippen LogP contribution in [0.25, 0.3) is 0 Å². The number of oxime groups is 1. The van der Waals surface area contributed by atoms with E-state index in [0.717, 1.165) is 0 Å². The molecule has 0 saturated heterocycles. The summed E-state index contributed by atoms with van der Waals surface area (Å²) < 4.78 is 5.39. The van der Waals surface area contributed by atoms with E-state index in [0.29, 0.717) is 23.8 Å². The van der Waals surface area contributed by atoms with E-state index in [1.165, 1.54) is 17.4 Å². The van der Waals surface area contributed by atoms with Crippen LogP contribution in [0.2, 0.25) is 5.82 Å². The van der Waals surface area contributed by atoms with Crippen LogP contribution in [0.5, 0.6) is 5.75 Å². The van der Waals surface area contributed by atoms with E-state index in [1.807, 2.05) is 0 Å². The fraction of sp³-hybridized carbons (Fsp3) is 0.294. The second-order valence-electron chi connectivity index (χ2n) is 6.40. The van der Waals surface area contributed by atoms with Crippen molar-refractivity contribution in [2.45, 2.75) is 18.7 Å². The van der Waals surface area contributed by atoms with Crippen LogP contribution >= 0.6 is 11.3 Å². The number of ketones is 1. The number of hydrogen-bond acceptors (Lipinski definition) is 10. The van der Waals surface area contributed by atoms with Gasteiger partial charge in [-0.25, -0.2) is 9.78 Å². The number of benzene rings is 1. The number of nitrogens with zero attached hydrogens (tertiary/aromatic N) is 2. The molecule has 0 aliphatic carbocycles. The minimum absolute atomic E-state index is 0.0519. The number of carboxylic acid groups (broad SMARTS) is 1. The molecule has 0 bridgehead atoms. The Bertz CT molecular complexity index is 950. The quantitative estimate of drug-likeness (QED) is 0.181. The minimum atomic E-state index is -1.37. The summed E-state index contributed by atoms with van der Waals surface area (Å²) >= 11 is 1.24. The van der Waals surface area contributed by atoms with E-state index in [9.17, 15) is 24.9 Å². The molecule has 12 heteroatoms. The zero-order valence-electron chi connectivity index (χ0n) is 15.2. The summed E-state index contributed by atoms with van der Waals surface area (Å²) in [5.74, 6) is -2.22. The monoisotopic (exact) mass is 418 g/mol. The molecular weight excluding hydrogens is 399 g/mol. The molecule has 29 heavy (non-hydrogen) atoms. The molecule has 3 rings (SSSR count). The van der Waals surface area contributed by atoms with Crippen molar-refractivity contribution in [2.24, 2.45) is 10.9 Å². The van der Waals surface area contributed by atoms with Crippen molar-refractivity contribution < 1.29 is 29.6 Å². The standard InChI is InChI=1S/C17H19BN4O6S/c19-4-5-20-17-21-12(8-29-17)14(22-27)13(23)7-10-6-9-2-1-3-11(16(24)25)15(9)28-18(10)26/h1-3,8,10,26-27H,4-7,19H2,(H,20,21)(H,24,25)/b22-14-/t10-/m1/s1. The van der Waals surface area contributed by atoms with Crippen molar-refractivity contribution in [3.63, 3.8) is 0 Å². The second kappa shape index (κ2) is 9.03. The fourth-order valence-corrected chi connectivity index (χ4v) is 3.78. The van der Waals surface area contributed by atoms with Gasteiger partial charge >= 0.3 is 13.1 Å².